The van der Waals surface area contributed by atoms with Gasteiger partial charge in [0, 0.05) is 16.9 Å². The summed E-state index contributed by atoms with van der Waals surface area (Å²) in [6.07, 6.45) is 5.98. The van der Waals surface area contributed by atoms with Gasteiger partial charge in [-0.2, -0.15) is 0 Å². The predicted octanol–water partition coefficient (Wildman–Crippen LogP) is 3.67. The predicted molar refractivity (Wildman–Crippen MR) is 75.7 cm³/mol. The highest BCUT2D eigenvalue weighted by atomic mass is 79.9. The summed E-state index contributed by atoms with van der Waals surface area (Å²) >= 11 is 3.45. The van der Waals surface area contributed by atoms with E-state index in [1.165, 1.54) is 19.3 Å². The van der Waals surface area contributed by atoms with Crippen molar-refractivity contribution >= 4 is 27.0 Å². The smallest absolute Gasteiger partial charge is 0.195 e. The molecule has 1 atom stereocenters. The van der Waals surface area contributed by atoms with Crippen LogP contribution in [0.4, 0.5) is 0 Å². The molecule has 1 fully saturated rings. The van der Waals surface area contributed by atoms with Gasteiger partial charge in [0.2, 0.25) is 0 Å². The maximum atomic E-state index is 5.75. The number of oxazole rings is 1. The fraction of sp³-hybridized carbons (Fsp3) is 0.500. The number of nitrogens with zero attached hydrogens (tertiary/aromatic N) is 1. The first-order valence-electron chi connectivity index (χ1n) is 6.59. The molecule has 0 saturated carbocycles. The number of hydrogen-bond acceptors (Lipinski definition) is 3. The highest BCUT2D eigenvalue weighted by Crippen LogP contribution is 2.21. The quantitative estimate of drug-likeness (QED) is 0.940. The molecule has 0 radical (unpaired) electrons. The van der Waals surface area contributed by atoms with Crippen molar-refractivity contribution in [3.63, 3.8) is 0 Å². The summed E-state index contributed by atoms with van der Waals surface area (Å²) in [4.78, 5) is 4.53. The molecule has 4 heteroatoms. The highest BCUT2D eigenvalue weighted by Gasteiger charge is 2.14. The molecule has 0 spiro atoms. The van der Waals surface area contributed by atoms with Crippen molar-refractivity contribution in [2.24, 2.45) is 0 Å². The number of rotatable bonds is 3. The van der Waals surface area contributed by atoms with Crippen LogP contribution < -0.4 is 5.32 Å². The van der Waals surface area contributed by atoms with Gasteiger partial charge in [0.1, 0.15) is 5.52 Å². The van der Waals surface area contributed by atoms with E-state index in [0.29, 0.717) is 6.04 Å². The van der Waals surface area contributed by atoms with Crippen molar-refractivity contribution in [1.82, 2.24) is 10.3 Å². The lowest BCUT2D eigenvalue weighted by atomic mass is 10.0. The van der Waals surface area contributed by atoms with Crippen LogP contribution in [-0.2, 0) is 6.42 Å². The highest BCUT2D eigenvalue weighted by molar-refractivity contribution is 9.10. The molecule has 2 aromatic rings. The average molecular weight is 309 g/mol. The van der Waals surface area contributed by atoms with Crippen LogP contribution in [0.25, 0.3) is 11.1 Å². The summed E-state index contributed by atoms with van der Waals surface area (Å²) in [7, 11) is 0. The molecule has 0 amide bonds. The van der Waals surface area contributed by atoms with Crippen LogP contribution in [0.3, 0.4) is 0 Å². The number of halogens is 1. The molecule has 96 valence electrons. The molecule has 0 bridgehead atoms. The van der Waals surface area contributed by atoms with Gasteiger partial charge in [-0.05, 0) is 44.0 Å². The Morgan fingerprint density at radius 1 is 1.39 bits per heavy atom. The van der Waals surface area contributed by atoms with Crippen molar-refractivity contribution in [3.05, 3.63) is 28.6 Å². The normalized spacial score (nSPS) is 20.4. The lowest BCUT2D eigenvalue weighted by molar-refractivity contribution is 0.371. The number of hydrogen-bond donors (Lipinski definition) is 1. The van der Waals surface area contributed by atoms with E-state index in [0.717, 1.165) is 40.8 Å². The average Bonchev–Trinajstić information content (AvgIpc) is 2.79. The van der Waals surface area contributed by atoms with Crippen LogP contribution in [0.15, 0.2) is 27.1 Å². The number of nitrogens with one attached hydrogen (secondary N) is 1. The summed E-state index contributed by atoms with van der Waals surface area (Å²) in [5.41, 5.74) is 1.82. The van der Waals surface area contributed by atoms with Gasteiger partial charge < -0.3 is 9.73 Å². The lowest BCUT2D eigenvalue weighted by Crippen LogP contribution is -2.34. The van der Waals surface area contributed by atoms with Gasteiger partial charge in [0.15, 0.2) is 11.5 Å². The number of fused-ring (bicyclic) bond motifs is 1. The van der Waals surface area contributed by atoms with Crippen LogP contribution >= 0.6 is 15.9 Å². The minimum Gasteiger partial charge on any atom is -0.441 e. The topological polar surface area (TPSA) is 38.1 Å². The first-order valence-corrected chi connectivity index (χ1v) is 7.39. The Morgan fingerprint density at radius 2 is 2.33 bits per heavy atom. The first-order chi connectivity index (χ1) is 8.81. The Bertz CT molecular complexity index is 532. The van der Waals surface area contributed by atoms with Crippen LogP contribution in [0.2, 0.25) is 0 Å². The van der Waals surface area contributed by atoms with Gasteiger partial charge in [-0.1, -0.05) is 22.4 Å². The molecule has 18 heavy (non-hydrogen) atoms. The van der Waals surface area contributed by atoms with Crippen LogP contribution in [0.5, 0.6) is 0 Å². The minimum atomic E-state index is 0.639. The van der Waals surface area contributed by atoms with E-state index in [4.69, 9.17) is 4.42 Å². The molecule has 1 aromatic carbocycles. The maximum Gasteiger partial charge on any atom is 0.195 e. The second-order valence-electron chi connectivity index (χ2n) is 4.91. The Balaban J connectivity index is 1.67. The monoisotopic (exact) mass is 308 g/mol. The zero-order valence-corrected chi connectivity index (χ0v) is 11.9. The van der Waals surface area contributed by atoms with Crippen LogP contribution in [0, 0.1) is 0 Å². The molecule has 1 aliphatic heterocycles. The maximum absolute atomic E-state index is 5.75. The molecule has 1 aliphatic rings. The van der Waals surface area contributed by atoms with Crippen LogP contribution in [-0.4, -0.2) is 17.6 Å². The van der Waals surface area contributed by atoms with Gasteiger partial charge >= 0.3 is 0 Å². The van der Waals surface area contributed by atoms with E-state index < -0.39 is 0 Å². The number of piperidine rings is 1. The Kier molecular flexibility index (Phi) is 3.66. The molecule has 3 nitrogen and oxygen atoms in total. The SMILES string of the molecule is Brc1ccc2oc(CCC3CCCCN3)nc2c1. The van der Waals surface area contributed by atoms with Crippen molar-refractivity contribution in [2.75, 3.05) is 6.54 Å². The second kappa shape index (κ2) is 5.41. The first kappa shape index (κ1) is 12.2. The van der Waals surface area contributed by atoms with E-state index in [1.54, 1.807) is 0 Å². The molecule has 1 saturated heterocycles. The standard InChI is InChI=1S/C14H17BrN2O/c15-10-4-6-13-12(9-10)17-14(18-13)7-5-11-3-1-2-8-16-11/h4,6,9,11,16H,1-3,5,7-8H2. The largest absolute Gasteiger partial charge is 0.441 e. The summed E-state index contributed by atoms with van der Waals surface area (Å²) < 4.78 is 6.80. The fourth-order valence-corrected chi connectivity index (χ4v) is 2.87. The summed E-state index contributed by atoms with van der Waals surface area (Å²) in [6.45, 7) is 1.16. The third kappa shape index (κ3) is 2.75. The van der Waals surface area contributed by atoms with E-state index in [-0.39, 0.29) is 0 Å². The third-order valence-corrected chi connectivity index (χ3v) is 4.01. The number of benzene rings is 1. The van der Waals surface area contributed by atoms with Gasteiger partial charge in [-0.3, -0.25) is 0 Å². The molecule has 1 unspecified atom stereocenters. The van der Waals surface area contributed by atoms with Crippen molar-refractivity contribution < 1.29 is 4.42 Å². The van der Waals surface area contributed by atoms with E-state index in [9.17, 15) is 0 Å². The number of aryl methyl sites for hydroxylation is 1. The molecular weight excluding hydrogens is 292 g/mol. The Morgan fingerprint density at radius 3 is 3.17 bits per heavy atom. The molecule has 1 aromatic heterocycles. The van der Waals surface area contributed by atoms with E-state index in [2.05, 4.69) is 26.2 Å². The summed E-state index contributed by atoms with van der Waals surface area (Å²) in [5, 5.41) is 3.56. The van der Waals surface area contributed by atoms with Gasteiger partial charge in [0.05, 0.1) is 0 Å². The van der Waals surface area contributed by atoms with Gasteiger partial charge in [-0.25, -0.2) is 4.98 Å². The molecule has 3 rings (SSSR count). The van der Waals surface area contributed by atoms with Crippen molar-refractivity contribution in [3.8, 4) is 0 Å². The van der Waals surface area contributed by atoms with Crippen LogP contribution in [0.1, 0.15) is 31.6 Å². The fourth-order valence-electron chi connectivity index (χ4n) is 2.52. The van der Waals surface area contributed by atoms with E-state index in [1.807, 2.05) is 18.2 Å². The summed E-state index contributed by atoms with van der Waals surface area (Å²) in [5.74, 6) is 0.857. The van der Waals surface area contributed by atoms with E-state index >= 15 is 0 Å². The van der Waals surface area contributed by atoms with Gasteiger partial charge in [0.25, 0.3) is 0 Å². The lowest BCUT2D eigenvalue weighted by Gasteiger charge is -2.22. The molecule has 0 aliphatic carbocycles. The van der Waals surface area contributed by atoms with Crippen molar-refractivity contribution in [2.45, 2.75) is 38.1 Å². The Hall–Kier alpha value is -0.870. The zero-order chi connectivity index (χ0) is 12.4. The molecule has 2 heterocycles. The number of aromatic nitrogens is 1. The zero-order valence-electron chi connectivity index (χ0n) is 10.3. The molecular formula is C14H17BrN2O. The third-order valence-electron chi connectivity index (χ3n) is 3.51. The van der Waals surface area contributed by atoms with Gasteiger partial charge in [-0.15, -0.1) is 0 Å². The van der Waals surface area contributed by atoms with Crippen molar-refractivity contribution in [1.29, 1.82) is 0 Å². The Labute approximate surface area is 115 Å². The molecule has 1 N–H and O–H groups in total. The second-order valence-corrected chi connectivity index (χ2v) is 5.82. The minimum absolute atomic E-state index is 0.639. The summed E-state index contributed by atoms with van der Waals surface area (Å²) in [6, 6.07) is 6.59.